The summed E-state index contributed by atoms with van der Waals surface area (Å²) in [5.41, 5.74) is 0. The van der Waals surface area contributed by atoms with E-state index in [1.165, 1.54) is 12.8 Å². The lowest BCUT2D eigenvalue weighted by Crippen LogP contribution is -2.40. The van der Waals surface area contributed by atoms with E-state index in [1.807, 2.05) is 0 Å². The molecule has 0 amide bonds. The zero-order valence-electron chi connectivity index (χ0n) is 15.1. The van der Waals surface area contributed by atoms with Crippen LogP contribution in [0.25, 0.3) is 0 Å². The first-order chi connectivity index (χ1) is 10.7. The fourth-order valence-corrected chi connectivity index (χ4v) is 2.37. The minimum atomic E-state index is 0. The molecule has 1 fully saturated rings. The maximum Gasteiger partial charge on any atom is 0.191 e. The summed E-state index contributed by atoms with van der Waals surface area (Å²) in [6.07, 6.45) is 3.66. The average molecular weight is 442 g/mol. The van der Waals surface area contributed by atoms with E-state index in [0.717, 1.165) is 44.5 Å². The fraction of sp³-hybridized carbons (Fsp3) is 0.938. The molecule has 0 radical (unpaired) electrons. The summed E-state index contributed by atoms with van der Waals surface area (Å²) in [6, 6.07) is 0.563. The molecule has 1 aliphatic rings. The highest BCUT2D eigenvalue weighted by molar-refractivity contribution is 14.0. The van der Waals surface area contributed by atoms with Crippen LogP contribution in [0.1, 0.15) is 26.2 Å². The fourth-order valence-electron chi connectivity index (χ4n) is 2.37. The Labute approximate surface area is 158 Å². The van der Waals surface area contributed by atoms with Gasteiger partial charge in [0.2, 0.25) is 0 Å². The zero-order chi connectivity index (χ0) is 16.2. The van der Waals surface area contributed by atoms with Crippen molar-refractivity contribution in [2.45, 2.75) is 32.2 Å². The van der Waals surface area contributed by atoms with Crippen LogP contribution in [0.3, 0.4) is 0 Å². The Kier molecular flexibility index (Phi) is 14.2. The van der Waals surface area contributed by atoms with Gasteiger partial charge in [0.15, 0.2) is 5.96 Å². The first-order valence-electron chi connectivity index (χ1n) is 8.44. The lowest BCUT2D eigenvalue weighted by atomic mass is 10.2. The van der Waals surface area contributed by atoms with E-state index in [2.05, 4.69) is 36.6 Å². The van der Waals surface area contributed by atoms with Gasteiger partial charge < -0.3 is 25.0 Å². The summed E-state index contributed by atoms with van der Waals surface area (Å²) in [6.45, 7) is 6.77. The predicted molar refractivity (Wildman–Crippen MR) is 107 cm³/mol. The molecule has 1 unspecified atom stereocenters. The summed E-state index contributed by atoms with van der Waals surface area (Å²) in [5, 5.41) is 6.68. The summed E-state index contributed by atoms with van der Waals surface area (Å²) in [5.74, 6) is 1.74. The molecule has 23 heavy (non-hydrogen) atoms. The zero-order valence-corrected chi connectivity index (χ0v) is 17.5. The van der Waals surface area contributed by atoms with Crippen molar-refractivity contribution in [2.75, 3.05) is 60.7 Å². The standard InChI is InChI=1S/C16H34N4O2.HI/c1-5-17-16(18-9-6-10-22-12-11-21-4)19-13-15(20(2)3)14-7-8-14;/h14-15H,5-13H2,1-4H3,(H2,17,18,19);1H. The number of hydrogen-bond acceptors (Lipinski definition) is 4. The van der Waals surface area contributed by atoms with E-state index in [9.17, 15) is 0 Å². The van der Waals surface area contributed by atoms with Crippen LogP contribution in [0.15, 0.2) is 4.99 Å². The third-order valence-electron chi connectivity index (χ3n) is 3.80. The number of halogens is 1. The third kappa shape index (κ3) is 11.1. The lowest BCUT2D eigenvalue weighted by Gasteiger charge is -2.23. The topological polar surface area (TPSA) is 58.1 Å². The molecule has 1 rings (SSSR count). The molecule has 0 aromatic carbocycles. The maximum absolute atomic E-state index is 5.45. The molecule has 7 heteroatoms. The van der Waals surface area contributed by atoms with E-state index in [4.69, 9.17) is 14.5 Å². The molecule has 1 aliphatic carbocycles. The smallest absolute Gasteiger partial charge is 0.191 e. The Morgan fingerprint density at radius 1 is 1.22 bits per heavy atom. The Balaban J connectivity index is 0.00000484. The lowest BCUT2D eigenvalue weighted by molar-refractivity contribution is 0.0698. The summed E-state index contributed by atoms with van der Waals surface area (Å²) in [4.78, 5) is 7.04. The molecule has 0 heterocycles. The van der Waals surface area contributed by atoms with Gasteiger partial charge >= 0.3 is 0 Å². The maximum atomic E-state index is 5.45. The number of rotatable bonds is 12. The second-order valence-corrected chi connectivity index (χ2v) is 5.97. The van der Waals surface area contributed by atoms with Gasteiger partial charge in [-0.25, -0.2) is 0 Å². The molecule has 138 valence electrons. The molecule has 1 atom stereocenters. The van der Waals surface area contributed by atoms with Gasteiger partial charge in [0, 0.05) is 32.8 Å². The monoisotopic (exact) mass is 442 g/mol. The van der Waals surface area contributed by atoms with Gasteiger partial charge in [-0.2, -0.15) is 0 Å². The second-order valence-electron chi connectivity index (χ2n) is 5.97. The van der Waals surface area contributed by atoms with Crippen molar-refractivity contribution in [2.24, 2.45) is 10.9 Å². The van der Waals surface area contributed by atoms with E-state index < -0.39 is 0 Å². The van der Waals surface area contributed by atoms with Crippen molar-refractivity contribution < 1.29 is 9.47 Å². The van der Waals surface area contributed by atoms with Crippen molar-refractivity contribution in [1.29, 1.82) is 0 Å². The number of likely N-dealkylation sites (N-methyl/N-ethyl adjacent to an activating group) is 1. The van der Waals surface area contributed by atoms with Gasteiger partial charge in [-0.3, -0.25) is 4.99 Å². The number of methoxy groups -OCH3 is 1. The van der Waals surface area contributed by atoms with E-state index in [1.54, 1.807) is 7.11 Å². The molecular weight excluding hydrogens is 407 g/mol. The molecule has 6 nitrogen and oxygen atoms in total. The van der Waals surface area contributed by atoms with Crippen LogP contribution < -0.4 is 10.6 Å². The van der Waals surface area contributed by atoms with Gasteiger partial charge in [0.25, 0.3) is 0 Å². The summed E-state index contributed by atoms with van der Waals surface area (Å²) < 4.78 is 10.4. The Morgan fingerprint density at radius 3 is 2.52 bits per heavy atom. The van der Waals surface area contributed by atoms with Crippen molar-refractivity contribution in [3.05, 3.63) is 0 Å². The molecule has 0 saturated heterocycles. The number of nitrogens with zero attached hydrogens (tertiary/aromatic N) is 2. The van der Waals surface area contributed by atoms with Crippen LogP contribution in [0.4, 0.5) is 0 Å². The predicted octanol–water partition coefficient (Wildman–Crippen LogP) is 1.55. The molecule has 0 aromatic heterocycles. The number of nitrogens with one attached hydrogen (secondary N) is 2. The average Bonchev–Trinajstić information content (AvgIpc) is 3.30. The number of aliphatic imine (C=N–C) groups is 1. The number of ether oxygens (including phenoxy) is 2. The minimum Gasteiger partial charge on any atom is -0.382 e. The molecular formula is C16H35IN4O2. The Bertz CT molecular complexity index is 310. The first kappa shape index (κ1) is 22.9. The van der Waals surface area contributed by atoms with Crippen molar-refractivity contribution >= 4 is 29.9 Å². The van der Waals surface area contributed by atoms with Gasteiger partial charge in [-0.15, -0.1) is 24.0 Å². The molecule has 0 bridgehead atoms. The Morgan fingerprint density at radius 2 is 1.96 bits per heavy atom. The number of guanidine groups is 1. The van der Waals surface area contributed by atoms with Crippen LogP contribution in [-0.4, -0.2) is 77.6 Å². The van der Waals surface area contributed by atoms with E-state index in [0.29, 0.717) is 19.3 Å². The normalized spacial score (nSPS) is 16.1. The summed E-state index contributed by atoms with van der Waals surface area (Å²) >= 11 is 0. The van der Waals surface area contributed by atoms with E-state index >= 15 is 0 Å². The van der Waals surface area contributed by atoms with Gasteiger partial charge in [0.1, 0.15) is 0 Å². The van der Waals surface area contributed by atoms with Crippen LogP contribution in [-0.2, 0) is 9.47 Å². The molecule has 0 spiro atoms. The second kappa shape index (κ2) is 14.2. The first-order valence-corrected chi connectivity index (χ1v) is 8.44. The van der Waals surface area contributed by atoms with Crippen molar-refractivity contribution in [3.8, 4) is 0 Å². The van der Waals surface area contributed by atoms with Crippen LogP contribution in [0, 0.1) is 5.92 Å². The van der Waals surface area contributed by atoms with Gasteiger partial charge in [-0.05, 0) is 46.2 Å². The van der Waals surface area contributed by atoms with E-state index in [-0.39, 0.29) is 24.0 Å². The third-order valence-corrected chi connectivity index (χ3v) is 3.80. The highest BCUT2D eigenvalue weighted by Crippen LogP contribution is 2.34. The largest absolute Gasteiger partial charge is 0.382 e. The highest BCUT2D eigenvalue weighted by atomic mass is 127. The molecule has 1 saturated carbocycles. The van der Waals surface area contributed by atoms with Crippen molar-refractivity contribution in [3.63, 3.8) is 0 Å². The minimum absolute atomic E-state index is 0. The van der Waals surface area contributed by atoms with Crippen LogP contribution >= 0.6 is 24.0 Å². The van der Waals surface area contributed by atoms with Gasteiger partial charge in [0.05, 0.1) is 19.8 Å². The van der Waals surface area contributed by atoms with Crippen LogP contribution in [0.5, 0.6) is 0 Å². The quantitative estimate of drug-likeness (QED) is 0.208. The van der Waals surface area contributed by atoms with Crippen LogP contribution in [0.2, 0.25) is 0 Å². The number of hydrogen-bond donors (Lipinski definition) is 2. The molecule has 2 N–H and O–H groups in total. The SMILES string of the molecule is CCNC(=NCC(C1CC1)N(C)C)NCCCOCCOC.I. The molecule has 0 aromatic rings. The van der Waals surface area contributed by atoms with Gasteiger partial charge in [-0.1, -0.05) is 0 Å². The van der Waals surface area contributed by atoms with Crippen molar-refractivity contribution in [1.82, 2.24) is 15.5 Å². The summed E-state index contributed by atoms with van der Waals surface area (Å²) in [7, 11) is 5.99. The Hall–Kier alpha value is -0.120. The highest BCUT2D eigenvalue weighted by Gasteiger charge is 2.32. The molecule has 0 aliphatic heterocycles.